The van der Waals surface area contributed by atoms with Crippen molar-refractivity contribution in [3.63, 3.8) is 0 Å². The Morgan fingerprint density at radius 1 is 1.07 bits per heavy atom. The van der Waals surface area contributed by atoms with Crippen LogP contribution in [0.1, 0.15) is 53.0 Å². The van der Waals surface area contributed by atoms with E-state index in [1.54, 1.807) is 24.3 Å². The van der Waals surface area contributed by atoms with E-state index in [9.17, 15) is 13.2 Å². The number of benzene rings is 1. The summed E-state index contributed by atoms with van der Waals surface area (Å²) in [6, 6.07) is 6.76. The minimum atomic E-state index is -3.66. The molecular weight excluding hydrogens is 396 g/mol. The van der Waals surface area contributed by atoms with E-state index in [1.807, 2.05) is 0 Å². The lowest BCUT2D eigenvalue weighted by molar-refractivity contribution is -0.121. The zero-order chi connectivity index (χ0) is 21.4. The molecule has 0 unspecified atom stereocenters. The number of sulfonamides is 1. The van der Waals surface area contributed by atoms with Crippen molar-refractivity contribution in [2.24, 2.45) is 5.92 Å². The van der Waals surface area contributed by atoms with Crippen LogP contribution in [0.15, 0.2) is 29.2 Å². The molecule has 9 heteroatoms. The van der Waals surface area contributed by atoms with Gasteiger partial charge in [-0.15, -0.1) is 0 Å². The average Bonchev–Trinajstić information content (AvgIpc) is 2.59. The van der Waals surface area contributed by atoms with Gasteiger partial charge in [0.2, 0.25) is 15.9 Å². The molecule has 0 aromatic heterocycles. The maximum atomic E-state index is 12.3. The molecule has 28 heavy (non-hydrogen) atoms. The summed E-state index contributed by atoms with van der Waals surface area (Å²) in [4.78, 5) is 12.0. The molecule has 0 aliphatic rings. The van der Waals surface area contributed by atoms with Gasteiger partial charge in [0.25, 0.3) is 0 Å². The standard InChI is InChI=1S/C19H32N4O3S2/c1-14(2)10-12-20-18(27)23-22-17(24)11-13-21-28(25,26)16-8-6-15(7-9-16)19(3,4)5/h6-9,14,21H,10-13H2,1-5H3,(H,22,24)(H2,20,23,27). The summed E-state index contributed by atoms with van der Waals surface area (Å²) in [6.45, 7) is 11.1. The van der Waals surface area contributed by atoms with Gasteiger partial charge in [0.05, 0.1) is 4.90 Å². The summed E-state index contributed by atoms with van der Waals surface area (Å²) in [5, 5.41) is 3.31. The normalized spacial score (nSPS) is 11.9. The van der Waals surface area contributed by atoms with E-state index in [4.69, 9.17) is 12.2 Å². The number of carbonyl (C=O) groups excluding carboxylic acids is 1. The maximum absolute atomic E-state index is 12.3. The van der Waals surface area contributed by atoms with Gasteiger partial charge in [0.1, 0.15) is 0 Å². The van der Waals surface area contributed by atoms with E-state index in [1.165, 1.54) is 0 Å². The summed E-state index contributed by atoms with van der Waals surface area (Å²) in [5.74, 6) is 0.196. The van der Waals surface area contributed by atoms with Crippen LogP contribution in [0.5, 0.6) is 0 Å². The van der Waals surface area contributed by atoms with Crippen molar-refractivity contribution in [2.75, 3.05) is 13.1 Å². The molecule has 1 aromatic rings. The molecule has 4 N–H and O–H groups in total. The van der Waals surface area contributed by atoms with Gasteiger partial charge < -0.3 is 5.32 Å². The van der Waals surface area contributed by atoms with Crippen LogP contribution in [0.4, 0.5) is 0 Å². The summed E-state index contributed by atoms with van der Waals surface area (Å²) in [5.41, 5.74) is 6.04. The van der Waals surface area contributed by atoms with Crippen molar-refractivity contribution in [3.05, 3.63) is 29.8 Å². The fourth-order valence-corrected chi connectivity index (χ4v) is 3.41. The lowest BCUT2D eigenvalue weighted by Gasteiger charge is -2.19. The first-order valence-corrected chi connectivity index (χ1v) is 11.2. The Bertz CT molecular complexity index is 754. The van der Waals surface area contributed by atoms with Gasteiger partial charge in [-0.25, -0.2) is 13.1 Å². The molecule has 1 rings (SSSR count). The Labute approximate surface area is 174 Å². The van der Waals surface area contributed by atoms with Crippen molar-refractivity contribution in [1.29, 1.82) is 0 Å². The van der Waals surface area contributed by atoms with Crippen LogP contribution in [0, 0.1) is 5.92 Å². The summed E-state index contributed by atoms with van der Waals surface area (Å²) < 4.78 is 27.1. The third-order valence-corrected chi connectivity index (χ3v) is 5.72. The van der Waals surface area contributed by atoms with Crippen molar-refractivity contribution < 1.29 is 13.2 Å². The first-order valence-electron chi connectivity index (χ1n) is 9.34. The molecule has 7 nitrogen and oxygen atoms in total. The zero-order valence-corrected chi connectivity index (χ0v) is 18.9. The van der Waals surface area contributed by atoms with Crippen LogP contribution in [0.25, 0.3) is 0 Å². The Kier molecular flexibility index (Phi) is 9.32. The van der Waals surface area contributed by atoms with E-state index in [2.05, 4.69) is 55.5 Å². The van der Waals surface area contributed by atoms with Gasteiger partial charge in [0.15, 0.2) is 5.11 Å². The predicted molar refractivity (Wildman–Crippen MR) is 116 cm³/mol. The highest BCUT2D eigenvalue weighted by atomic mass is 32.2. The van der Waals surface area contributed by atoms with E-state index < -0.39 is 10.0 Å². The monoisotopic (exact) mass is 428 g/mol. The molecule has 0 aliphatic heterocycles. The average molecular weight is 429 g/mol. The van der Waals surface area contributed by atoms with Crippen LogP contribution >= 0.6 is 12.2 Å². The largest absolute Gasteiger partial charge is 0.361 e. The van der Waals surface area contributed by atoms with Crippen molar-refractivity contribution in [1.82, 2.24) is 20.9 Å². The number of rotatable bonds is 8. The smallest absolute Gasteiger partial charge is 0.240 e. The van der Waals surface area contributed by atoms with Gasteiger partial charge in [0, 0.05) is 19.5 Å². The summed E-state index contributed by atoms with van der Waals surface area (Å²) >= 11 is 5.05. The fourth-order valence-electron chi connectivity index (χ4n) is 2.22. The first kappa shape index (κ1) is 24.3. The number of hydrogen-bond acceptors (Lipinski definition) is 4. The second-order valence-electron chi connectivity index (χ2n) is 8.03. The van der Waals surface area contributed by atoms with Crippen LogP contribution in [0.2, 0.25) is 0 Å². The number of hydrogen-bond donors (Lipinski definition) is 4. The SMILES string of the molecule is CC(C)CCNC(=S)NNC(=O)CCNS(=O)(=O)c1ccc(C(C)(C)C)cc1. The first-order chi connectivity index (χ1) is 12.9. The fraction of sp³-hybridized carbons (Fsp3) is 0.579. The highest BCUT2D eigenvalue weighted by Gasteiger charge is 2.17. The van der Waals surface area contributed by atoms with Crippen molar-refractivity contribution >= 4 is 33.3 Å². The van der Waals surface area contributed by atoms with Gasteiger partial charge >= 0.3 is 0 Å². The van der Waals surface area contributed by atoms with Gasteiger partial charge in [-0.1, -0.05) is 46.8 Å². The Morgan fingerprint density at radius 3 is 2.21 bits per heavy atom. The summed E-state index contributed by atoms with van der Waals surface area (Å²) in [7, 11) is -3.66. The Balaban J connectivity index is 2.39. The predicted octanol–water partition coefficient (Wildman–Crippen LogP) is 2.19. The molecular formula is C19H32N4O3S2. The Morgan fingerprint density at radius 2 is 1.68 bits per heavy atom. The molecule has 0 saturated carbocycles. The topological polar surface area (TPSA) is 99.3 Å². The molecule has 0 aliphatic carbocycles. The molecule has 0 bridgehead atoms. The molecule has 0 radical (unpaired) electrons. The lowest BCUT2D eigenvalue weighted by atomic mass is 9.87. The molecule has 0 spiro atoms. The van der Waals surface area contributed by atoms with Gasteiger partial charge in [-0.3, -0.25) is 15.6 Å². The highest BCUT2D eigenvalue weighted by Crippen LogP contribution is 2.23. The van der Waals surface area contributed by atoms with Gasteiger partial charge in [-0.05, 0) is 47.7 Å². The van der Waals surface area contributed by atoms with Gasteiger partial charge in [-0.2, -0.15) is 0 Å². The van der Waals surface area contributed by atoms with Crippen LogP contribution in [0.3, 0.4) is 0 Å². The number of thiocarbonyl (C=S) groups is 1. The van der Waals surface area contributed by atoms with Crippen LogP contribution in [-0.2, 0) is 20.2 Å². The van der Waals surface area contributed by atoms with Crippen LogP contribution in [-0.4, -0.2) is 32.5 Å². The van der Waals surface area contributed by atoms with Crippen molar-refractivity contribution in [3.8, 4) is 0 Å². The molecule has 0 saturated heterocycles. The number of nitrogens with one attached hydrogen (secondary N) is 4. The molecule has 1 aromatic carbocycles. The second-order valence-corrected chi connectivity index (χ2v) is 10.2. The number of amides is 1. The molecule has 0 heterocycles. The molecule has 158 valence electrons. The minimum Gasteiger partial charge on any atom is -0.361 e. The number of hydrazine groups is 1. The second kappa shape index (κ2) is 10.7. The van der Waals surface area contributed by atoms with E-state index in [-0.39, 0.29) is 29.2 Å². The van der Waals surface area contributed by atoms with E-state index in [0.717, 1.165) is 12.0 Å². The Hall–Kier alpha value is -1.71. The highest BCUT2D eigenvalue weighted by molar-refractivity contribution is 7.89. The maximum Gasteiger partial charge on any atom is 0.240 e. The molecule has 0 atom stereocenters. The number of carbonyl (C=O) groups is 1. The minimum absolute atomic E-state index is 0.00952. The van der Waals surface area contributed by atoms with E-state index in [0.29, 0.717) is 17.6 Å². The third kappa shape index (κ3) is 8.99. The third-order valence-electron chi connectivity index (χ3n) is 4.00. The zero-order valence-electron chi connectivity index (χ0n) is 17.3. The van der Waals surface area contributed by atoms with Crippen LogP contribution < -0.4 is 20.9 Å². The summed E-state index contributed by atoms with van der Waals surface area (Å²) in [6.07, 6.45) is 0.954. The lowest BCUT2D eigenvalue weighted by Crippen LogP contribution is -2.47. The molecule has 0 fully saturated rings. The van der Waals surface area contributed by atoms with E-state index >= 15 is 0 Å². The molecule has 1 amide bonds. The quantitative estimate of drug-likeness (QED) is 0.374. The van der Waals surface area contributed by atoms with Crippen molar-refractivity contribution in [2.45, 2.75) is 57.8 Å².